The number of aliphatic hydroxyl groups is 1. The standard InChI is InChI=1S/C11H17ClN2O/c1-3-5-11(2,15)8-14-9-4-6-13-10(12)7-9/h4,6-7,15H,3,5,8H2,1-2H3,(H,13,14). The molecule has 0 aromatic carbocycles. The van der Waals surface area contributed by atoms with E-state index in [9.17, 15) is 5.11 Å². The van der Waals surface area contributed by atoms with Gasteiger partial charge in [0.2, 0.25) is 0 Å². The molecular formula is C11H17ClN2O. The molecule has 1 aromatic rings. The van der Waals surface area contributed by atoms with Crippen LogP contribution in [0.4, 0.5) is 5.69 Å². The largest absolute Gasteiger partial charge is 0.388 e. The molecule has 84 valence electrons. The van der Waals surface area contributed by atoms with Gasteiger partial charge in [-0.3, -0.25) is 0 Å². The average Bonchev–Trinajstić information content (AvgIpc) is 2.15. The number of rotatable bonds is 5. The third-order valence-electron chi connectivity index (χ3n) is 2.19. The molecule has 1 rings (SSSR count). The second-order valence-electron chi connectivity index (χ2n) is 3.97. The van der Waals surface area contributed by atoms with Crippen LogP contribution in [0.2, 0.25) is 5.15 Å². The maximum Gasteiger partial charge on any atom is 0.131 e. The van der Waals surface area contributed by atoms with Crippen LogP contribution < -0.4 is 5.32 Å². The van der Waals surface area contributed by atoms with Crippen molar-refractivity contribution in [3.63, 3.8) is 0 Å². The second-order valence-corrected chi connectivity index (χ2v) is 4.35. The summed E-state index contributed by atoms with van der Waals surface area (Å²) in [6.45, 7) is 4.39. The number of pyridine rings is 1. The minimum Gasteiger partial charge on any atom is -0.388 e. The summed E-state index contributed by atoms with van der Waals surface area (Å²) in [5, 5.41) is 13.5. The van der Waals surface area contributed by atoms with E-state index >= 15 is 0 Å². The summed E-state index contributed by atoms with van der Waals surface area (Å²) in [5.74, 6) is 0. The number of anilines is 1. The lowest BCUT2D eigenvalue weighted by molar-refractivity contribution is 0.0637. The zero-order valence-electron chi connectivity index (χ0n) is 9.13. The van der Waals surface area contributed by atoms with Crippen LogP contribution in [-0.2, 0) is 0 Å². The van der Waals surface area contributed by atoms with E-state index in [0.717, 1.165) is 18.5 Å². The Morgan fingerprint density at radius 2 is 2.33 bits per heavy atom. The van der Waals surface area contributed by atoms with Crippen molar-refractivity contribution < 1.29 is 5.11 Å². The van der Waals surface area contributed by atoms with Crippen molar-refractivity contribution in [1.82, 2.24) is 4.98 Å². The van der Waals surface area contributed by atoms with E-state index in [0.29, 0.717) is 11.7 Å². The van der Waals surface area contributed by atoms with Crippen molar-refractivity contribution in [2.24, 2.45) is 0 Å². The van der Waals surface area contributed by atoms with Gasteiger partial charge >= 0.3 is 0 Å². The van der Waals surface area contributed by atoms with Crippen LogP contribution in [0.5, 0.6) is 0 Å². The van der Waals surface area contributed by atoms with Crippen molar-refractivity contribution in [2.75, 3.05) is 11.9 Å². The van der Waals surface area contributed by atoms with Crippen molar-refractivity contribution >= 4 is 17.3 Å². The third-order valence-corrected chi connectivity index (χ3v) is 2.40. The average molecular weight is 229 g/mol. The van der Waals surface area contributed by atoms with E-state index in [1.165, 1.54) is 0 Å². The molecule has 1 unspecified atom stereocenters. The maximum absolute atomic E-state index is 9.93. The van der Waals surface area contributed by atoms with Gasteiger partial charge in [0.1, 0.15) is 5.15 Å². The molecule has 15 heavy (non-hydrogen) atoms. The molecule has 0 amide bonds. The molecular weight excluding hydrogens is 212 g/mol. The number of nitrogens with one attached hydrogen (secondary N) is 1. The predicted molar refractivity (Wildman–Crippen MR) is 63.3 cm³/mol. The summed E-state index contributed by atoms with van der Waals surface area (Å²) in [5.41, 5.74) is 0.205. The maximum atomic E-state index is 9.93. The Balaban J connectivity index is 2.49. The van der Waals surface area contributed by atoms with Crippen LogP contribution in [0, 0.1) is 0 Å². The highest BCUT2D eigenvalue weighted by Crippen LogP contribution is 2.16. The van der Waals surface area contributed by atoms with Crippen molar-refractivity contribution in [1.29, 1.82) is 0 Å². The molecule has 0 aliphatic heterocycles. The van der Waals surface area contributed by atoms with E-state index < -0.39 is 5.60 Å². The highest BCUT2D eigenvalue weighted by molar-refractivity contribution is 6.29. The van der Waals surface area contributed by atoms with Gasteiger partial charge in [0.05, 0.1) is 5.60 Å². The number of nitrogens with zero attached hydrogens (tertiary/aromatic N) is 1. The minimum absolute atomic E-state index is 0.454. The lowest BCUT2D eigenvalue weighted by atomic mass is 10.0. The van der Waals surface area contributed by atoms with Crippen LogP contribution in [0.25, 0.3) is 0 Å². The molecule has 0 saturated heterocycles. The van der Waals surface area contributed by atoms with Gasteiger partial charge in [-0.1, -0.05) is 24.9 Å². The monoisotopic (exact) mass is 228 g/mol. The second kappa shape index (κ2) is 5.33. The van der Waals surface area contributed by atoms with Gasteiger partial charge in [0.25, 0.3) is 0 Å². The smallest absolute Gasteiger partial charge is 0.131 e. The molecule has 1 heterocycles. The molecule has 1 aromatic heterocycles. The highest BCUT2D eigenvalue weighted by atomic mass is 35.5. The Labute approximate surface area is 95.5 Å². The molecule has 0 radical (unpaired) electrons. The van der Waals surface area contributed by atoms with Gasteiger partial charge in [0.15, 0.2) is 0 Å². The molecule has 0 spiro atoms. The normalized spacial score (nSPS) is 14.7. The van der Waals surface area contributed by atoms with Gasteiger partial charge in [-0.15, -0.1) is 0 Å². The van der Waals surface area contributed by atoms with Gasteiger partial charge in [-0.2, -0.15) is 0 Å². The summed E-state index contributed by atoms with van der Waals surface area (Å²) in [6.07, 6.45) is 3.38. The van der Waals surface area contributed by atoms with Crippen LogP contribution in [0.15, 0.2) is 18.3 Å². The van der Waals surface area contributed by atoms with Gasteiger partial charge in [-0.05, 0) is 25.5 Å². The Bertz CT molecular complexity index is 315. The Morgan fingerprint density at radius 3 is 2.93 bits per heavy atom. The number of aromatic nitrogens is 1. The van der Waals surface area contributed by atoms with Crippen molar-refractivity contribution in [3.8, 4) is 0 Å². The van der Waals surface area contributed by atoms with Crippen molar-refractivity contribution in [3.05, 3.63) is 23.5 Å². The fourth-order valence-electron chi connectivity index (χ4n) is 1.43. The first-order valence-corrected chi connectivity index (χ1v) is 5.49. The third kappa shape index (κ3) is 4.49. The summed E-state index contributed by atoms with van der Waals surface area (Å²) >= 11 is 5.74. The van der Waals surface area contributed by atoms with Crippen molar-refractivity contribution in [2.45, 2.75) is 32.3 Å². The molecule has 3 nitrogen and oxygen atoms in total. The number of hydrogen-bond acceptors (Lipinski definition) is 3. The molecule has 2 N–H and O–H groups in total. The fraction of sp³-hybridized carbons (Fsp3) is 0.545. The van der Waals surface area contributed by atoms with Crippen LogP contribution in [0.1, 0.15) is 26.7 Å². The lowest BCUT2D eigenvalue weighted by Gasteiger charge is -2.23. The first-order valence-electron chi connectivity index (χ1n) is 5.11. The first kappa shape index (κ1) is 12.3. The molecule has 1 atom stereocenters. The van der Waals surface area contributed by atoms with E-state index in [4.69, 9.17) is 11.6 Å². The molecule has 0 aliphatic rings. The molecule has 4 heteroatoms. The SMILES string of the molecule is CCCC(C)(O)CNc1ccnc(Cl)c1. The van der Waals surface area contributed by atoms with Crippen LogP contribution in [-0.4, -0.2) is 22.2 Å². The zero-order chi connectivity index (χ0) is 11.3. The summed E-state index contributed by atoms with van der Waals surface area (Å²) < 4.78 is 0. The molecule has 0 aliphatic carbocycles. The quantitative estimate of drug-likeness (QED) is 0.762. The first-order chi connectivity index (χ1) is 7.03. The molecule has 0 saturated carbocycles. The zero-order valence-corrected chi connectivity index (χ0v) is 9.88. The van der Waals surface area contributed by atoms with E-state index in [-0.39, 0.29) is 0 Å². The van der Waals surface area contributed by atoms with Gasteiger partial charge < -0.3 is 10.4 Å². The minimum atomic E-state index is -0.676. The predicted octanol–water partition coefficient (Wildman–Crippen LogP) is 2.70. The molecule has 0 fully saturated rings. The number of halogens is 1. The van der Waals surface area contributed by atoms with Gasteiger partial charge in [0, 0.05) is 18.4 Å². The number of hydrogen-bond donors (Lipinski definition) is 2. The fourth-order valence-corrected chi connectivity index (χ4v) is 1.61. The Morgan fingerprint density at radius 1 is 1.60 bits per heavy atom. The lowest BCUT2D eigenvalue weighted by Crippen LogP contribution is -2.33. The van der Waals surface area contributed by atoms with E-state index in [2.05, 4.69) is 17.2 Å². The Hall–Kier alpha value is -0.800. The summed E-state index contributed by atoms with van der Waals surface area (Å²) in [6, 6.07) is 3.57. The van der Waals surface area contributed by atoms with E-state index in [1.54, 1.807) is 12.3 Å². The Kier molecular flexibility index (Phi) is 4.36. The summed E-state index contributed by atoms with van der Waals surface area (Å²) in [7, 11) is 0. The summed E-state index contributed by atoms with van der Waals surface area (Å²) in [4.78, 5) is 3.88. The highest BCUT2D eigenvalue weighted by Gasteiger charge is 2.18. The van der Waals surface area contributed by atoms with Gasteiger partial charge in [-0.25, -0.2) is 4.98 Å². The molecule has 0 bridgehead atoms. The van der Waals surface area contributed by atoms with Crippen LogP contribution in [0.3, 0.4) is 0 Å². The topological polar surface area (TPSA) is 45.1 Å². The van der Waals surface area contributed by atoms with Crippen LogP contribution >= 0.6 is 11.6 Å². The van der Waals surface area contributed by atoms with E-state index in [1.807, 2.05) is 13.0 Å².